The first-order valence-corrected chi connectivity index (χ1v) is 18.6. The number of unbranched alkanes of at least 4 members (excludes halogenated alkanes) is 26. The molecule has 1 heterocycles. The molecular weight excluding hydrogens is 556 g/mol. The number of aryl methyl sites for hydroxylation is 1. The van der Waals surface area contributed by atoms with Crippen LogP contribution in [0.15, 0.2) is 21.3 Å². The van der Waals surface area contributed by atoms with E-state index in [4.69, 9.17) is 16.0 Å². The number of benzene rings is 1. The molecule has 0 radical (unpaired) electrons. The third-order valence-corrected chi connectivity index (χ3v) is 9.36. The Bertz CT molecular complexity index is 1030. The van der Waals surface area contributed by atoms with Crippen LogP contribution >= 0.6 is 11.6 Å². The highest BCUT2D eigenvalue weighted by Gasteiger charge is 2.16. The lowest BCUT2D eigenvalue weighted by Crippen LogP contribution is -2.03. The zero-order valence-electron chi connectivity index (χ0n) is 27.5. The predicted octanol–water partition coefficient (Wildman–Crippen LogP) is 13.0. The minimum absolute atomic E-state index is 0.0202. The van der Waals surface area contributed by atoms with Gasteiger partial charge in [-0.15, -0.1) is 0 Å². The van der Waals surface area contributed by atoms with Crippen LogP contribution in [0.25, 0.3) is 11.0 Å². The molecule has 5 heteroatoms. The molecule has 43 heavy (non-hydrogen) atoms. The van der Waals surface area contributed by atoms with Crippen LogP contribution in [0.5, 0.6) is 11.5 Å². The number of aromatic hydroxyl groups is 2. The molecule has 0 spiro atoms. The monoisotopic (exact) mass is 618 g/mol. The first kappa shape index (κ1) is 37.5. The largest absolute Gasteiger partial charge is 0.506 e. The van der Waals surface area contributed by atoms with Gasteiger partial charge in [-0.25, -0.2) is 0 Å². The number of phenols is 2. The summed E-state index contributed by atoms with van der Waals surface area (Å²) in [5, 5.41) is 19.6. The number of rotatable bonds is 28. The minimum Gasteiger partial charge on any atom is -0.506 e. The summed E-state index contributed by atoms with van der Waals surface area (Å²) in [5.74, 6) is -0.132. The Kier molecular flexibility index (Phi) is 21.5. The molecule has 0 aliphatic carbocycles. The van der Waals surface area contributed by atoms with E-state index in [2.05, 4.69) is 6.92 Å². The van der Waals surface area contributed by atoms with Crippen molar-refractivity contribution >= 4 is 22.6 Å². The molecule has 2 N–H and O–H groups in total. The molecule has 0 bridgehead atoms. The van der Waals surface area contributed by atoms with Gasteiger partial charge in [-0.2, -0.15) is 0 Å². The van der Waals surface area contributed by atoms with Gasteiger partial charge in [0.25, 0.3) is 0 Å². The Hall–Kier alpha value is -1.68. The van der Waals surface area contributed by atoms with Gasteiger partial charge in [0.2, 0.25) is 0 Å². The van der Waals surface area contributed by atoms with Crippen molar-refractivity contribution in [1.29, 1.82) is 0 Å². The Morgan fingerprint density at radius 1 is 0.558 bits per heavy atom. The summed E-state index contributed by atoms with van der Waals surface area (Å²) in [7, 11) is 0. The van der Waals surface area contributed by atoms with Crippen molar-refractivity contribution in [3.63, 3.8) is 0 Å². The van der Waals surface area contributed by atoms with Crippen LogP contribution in [0.4, 0.5) is 0 Å². The molecule has 2 aromatic rings. The number of hydrogen-bond donors (Lipinski definition) is 2. The normalized spacial score (nSPS) is 11.6. The van der Waals surface area contributed by atoms with Gasteiger partial charge >= 0.3 is 0 Å². The first-order valence-electron chi connectivity index (χ1n) is 18.2. The van der Waals surface area contributed by atoms with E-state index in [1.54, 1.807) is 0 Å². The van der Waals surface area contributed by atoms with E-state index in [0.717, 1.165) is 12.8 Å². The highest BCUT2D eigenvalue weighted by atomic mass is 35.5. The Labute approximate surface area is 268 Å². The van der Waals surface area contributed by atoms with Gasteiger partial charge in [-0.05, 0) is 6.42 Å². The van der Waals surface area contributed by atoms with E-state index in [1.807, 2.05) is 0 Å². The maximum absolute atomic E-state index is 12.4. The van der Waals surface area contributed by atoms with Gasteiger partial charge in [0, 0.05) is 18.6 Å². The second-order valence-corrected chi connectivity index (χ2v) is 13.3. The van der Waals surface area contributed by atoms with Crippen molar-refractivity contribution in [1.82, 2.24) is 0 Å². The van der Waals surface area contributed by atoms with Crippen LogP contribution in [0.2, 0.25) is 5.02 Å². The van der Waals surface area contributed by atoms with Crippen molar-refractivity contribution < 1.29 is 14.6 Å². The van der Waals surface area contributed by atoms with E-state index in [1.165, 1.54) is 173 Å². The maximum atomic E-state index is 12.4. The van der Waals surface area contributed by atoms with Crippen molar-refractivity contribution in [3.8, 4) is 11.5 Å². The lowest BCUT2D eigenvalue weighted by atomic mass is 10.0. The Morgan fingerprint density at radius 2 is 0.907 bits per heavy atom. The highest BCUT2D eigenvalue weighted by Crippen LogP contribution is 2.38. The fraction of sp³-hybridized carbons (Fsp3) is 0.763. The summed E-state index contributed by atoms with van der Waals surface area (Å²) in [5.41, 5.74) is -0.160. The second kappa shape index (κ2) is 24.6. The van der Waals surface area contributed by atoms with Gasteiger partial charge < -0.3 is 14.6 Å². The molecule has 0 saturated carbocycles. The van der Waals surface area contributed by atoms with E-state index < -0.39 is 5.75 Å². The molecule has 2 rings (SSSR count). The quantitative estimate of drug-likeness (QED) is 0.0930. The molecule has 0 amide bonds. The summed E-state index contributed by atoms with van der Waals surface area (Å²) in [4.78, 5) is 12.4. The zero-order chi connectivity index (χ0) is 31.0. The fourth-order valence-corrected chi connectivity index (χ4v) is 6.38. The van der Waals surface area contributed by atoms with Crippen LogP contribution in [0, 0.1) is 0 Å². The predicted molar refractivity (Wildman–Crippen MR) is 185 cm³/mol. The summed E-state index contributed by atoms with van der Waals surface area (Å²) < 4.78 is 5.74. The lowest BCUT2D eigenvalue weighted by molar-refractivity contribution is 0.449. The van der Waals surface area contributed by atoms with Crippen LogP contribution in [-0.4, -0.2) is 10.2 Å². The summed E-state index contributed by atoms with van der Waals surface area (Å²) in [6, 6.07) is 2.72. The Morgan fingerprint density at radius 3 is 1.28 bits per heavy atom. The average molecular weight is 619 g/mol. The van der Waals surface area contributed by atoms with Crippen molar-refractivity contribution in [2.45, 2.75) is 187 Å². The van der Waals surface area contributed by atoms with Crippen LogP contribution in [0.1, 0.15) is 186 Å². The molecule has 0 fully saturated rings. The number of fused-ring (bicyclic) bond motifs is 1. The molecule has 0 unspecified atom stereocenters. The molecule has 1 aromatic heterocycles. The molecule has 0 saturated heterocycles. The standard InChI is InChI=1S/C38H63ClO4/c1-2-3-4-5-6-7-8-9-10-11-12-13-14-15-16-17-18-19-20-21-22-23-24-25-26-27-28-29-32-30-33(40)36-35(43-32)31-34(41)37(39)38(36)42/h30-31,41-42H,2-29H2,1H3. The van der Waals surface area contributed by atoms with Gasteiger partial charge in [0.15, 0.2) is 11.2 Å². The first-order chi connectivity index (χ1) is 21.0. The molecule has 246 valence electrons. The van der Waals surface area contributed by atoms with Crippen LogP contribution in [-0.2, 0) is 6.42 Å². The van der Waals surface area contributed by atoms with Gasteiger partial charge in [-0.3, -0.25) is 4.79 Å². The van der Waals surface area contributed by atoms with E-state index in [-0.39, 0.29) is 27.2 Å². The van der Waals surface area contributed by atoms with Gasteiger partial charge in [0.05, 0.1) is 0 Å². The minimum atomic E-state index is -0.424. The fourth-order valence-electron chi connectivity index (χ4n) is 6.23. The number of halogens is 1. The van der Waals surface area contributed by atoms with Crippen LogP contribution in [0.3, 0.4) is 0 Å². The second-order valence-electron chi connectivity index (χ2n) is 13.0. The molecule has 0 aliphatic rings. The lowest BCUT2D eigenvalue weighted by Gasteiger charge is -2.07. The summed E-state index contributed by atoms with van der Waals surface area (Å²) in [6.45, 7) is 2.29. The maximum Gasteiger partial charge on any atom is 0.196 e. The summed E-state index contributed by atoms with van der Waals surface area (Å²) >= 11 is 5.83. The van der Waals surface area contributed by atoms with Crippen LogP contribution < -0.4 is 5.43 Å². The van der Waals surface area contributed by atoms with Crippen molar-refractivity contribution in [3.05, 3.63) is 33.1 Å². The van der Waals surface area contributed by atoms with Crippen molar-refractivity contribution in [2.24, 2.45) is 0 Å². The van der Waals surface area contributed by atoms with Gasteiger partial charge in [0.1, 0.15) is 27.5 Å². The third kappa shape index (κ3) is 16.8. The number of phenolic OH excluding ortho intramolecular Hbond substituents is 2. The molecule has 1 aromatic carbocycles. The van der Waals surface area contributed by atoms with E-state index >= 15 is 0 Å². The molecule has 4 nitrogen and oxygen atoms in total. The SMILES string of the molecule is CCCCCCCCCCCCCCCCCCCCCCCCCCCCCc1cc(=O)c2c(O)c(Cl)c(O)cc2o1. The molecule has 0 atom stereocenters. The third-order valence-electron chi connectivity index (χ3n) is 8.99. The molecular formula is C38H63ClO4. The van der Waals surface area contributed by atoms with E-state index in [9.17, 15) is 15.0 Å². The van der Waals surface area contributed by atoms with Gasteiger partial charge in [-0.1, -0.05) is 185 Å². The highest BCUT2D eigenvalue weighted by molar-refractivity contribution is 6.34. The average Bonchev–Trinajstić information content (AvgIpc) is 2.99. The van der Waals surface area contributed by atoms with Crippen molar-refractivity contribution in [2.75, 3.05) is 0 Å². The number of hydrogen-bond acceptors (Lipinski definition) is 4. The molecule has 0 aliphatic heterocycles. The Balaban J connectivity index is 1.30. The summed E-state index contributed by atoms with van der Waals surface area (Å²) in [6.07, 6.45) is 38.0. The van der Waals surface area contributed by atoms with E-state index in [0.29, 0.717) is 12.2 Å². The zero-order valence-corrected chi connectivity index (χ0v) is 28.3. The smallest absolute Gasteiger partial charge is 0.196 e. The topological polar surface area (TPSA) is 70.7 Å².